The first-order valence-electron chi connectivity index (χ1n) is 11.3. The molecule has 0 spiro atoms. The van der Waals surface area contributed by atoms with Crippen LogP contribution in [0.5, 0.6) is 0 Å². The largest absolute Gasteiger partial charge is 0.352 e. The lowest BCUT2D eigenvalue weighted by Crippen LogP contribution is -2.44. The Balaban J connectivity index is 1.35. The van der Waals surface area contributed by atoms with Crippen LogP contribution < -0.4 is 15.8 Å². The fourth-order valence-corrected chi connectivity index (χ4v) is 5.23. The third kappa shape index (κ3) is 4.59. The molecule has 1 saturated heterocycles. The smallest absolute Gasteiger partial charge is 0.270 e. The Kier molecular flexibility index (Phi) is 6.15. The number of thiophene rings is 1. The van der Waals surface area contributed by atoms with Crippen LogP contribution in [-0.4, -0.2) is 29.0 Å². The van der Waals surface area contributed by atoms with Gasteiger partial charge in [0.15, 0.2) is 0 Å². The molecule has 2 N–H and O–H groups in total. The number of aryl methyl sites for hydroxylation is 1. The molecule has 1 fully saturated rings. The van der Waals surface area contributed by atoms with Gasteiger partial charge in [0, 0.05) is 30.6 Å². The van der Waals surface area contributed by atoms with Gasteiger partial charge < -0.3 is 10.2 Å². The van der Waals surface area contributed by atoms with Crippen molar-refractivity contribution in [3.63, 3.8) is 0 Å². The number of rotatable bonds is 5. The average Bonchev–Trinajstić information content (AvgIpc) is 3.29. The van der Waals surface area contributed by atoms with E-state index < -0.39 is 0 Å². The van der Waals surface area contributed by atoms with Gasteiger partial charge in [0.2, 0.25) is 11.9 Å². The van der Waals surface area contributed by atoms with Crippen molar-refractivity contribution >= 4 is 33.4 Å². The second-order valence-electron chi connectivity index (χ2n) is 8.71. The minimum atomic E-state index is -0.299. The number of amides is 1. The summed E-state index contributed by atoms with van der Waals surface area (Å²) < 4.78 is 13.7. The minimum Gasteiger partial charge on any atom is -0.352 e. The van der Waals surface area contributed by atoms with Crippen molar-refractivity contribution in [1.82, 2.24) is 15.3 Å². The Labute approximate surface area is 200 Å². The first kappa shape index (κ1) is 22.3. The first-order chi connectivity index (χ1) is 16.5. The highest BCUT2D eigenvalue weighted by Gasteiger charge is 2.27. The summed E-state index contributed by atoms with van der Waals surface area (Å²) >= 11 is 1.39. The summed E-state index contributed by atoms with van der Waals surface area (Å²) in [6.07, 6.45) is 1.59. The van der Waals surface area contributed by atoms with Crippen LogP contribution in [0.25, 0.3) is 21.3 Å². The van der Waals surface area contributed by atoms with E-state index in [0.717, 1.165) is 36.1 Å². The third-order valence-electron chi connectivity index (χ3n) is 6.25. The van der Waals surface area contributed by atoms with Gasteiger partial charge in [-0.3, -0.25) is 14.6 Å². The zero-order valence-corrected chi connectivity index (χ0v) is 19.6. The molecule has 2 aromatic carbocycles. The number of anilines is 1. The number of carbonyl (C=O) groups is 1. The van der Waals surface area contributed by atoms with Gasteiger partial charge in [-0.15, -0.1) is 11.3 Å². The van der Waals surface area contributed by atoms with E-state index >= 15 is 0 Å². The van der Waals surface area contributed by atoms with Crippen molar-refractivity contribution in [2.24, 2.45) is 5.92 Å². The van der Waals surface area contributed by atoms with Crippen LogP contribution in [0.2, 0.25) is 0 Å². The molecule has 4 aromatic rings. The summed E-state index contributed by atoms with van der Waals surface area (Å²) in [5.74, 6) is -0.0597. The van der Waals surface area contributed by atoms with Crippen molar-refractivity contribution in [1.29, 1.82) is 0 Å². The summed E-state index contributed by atoms with van der Waals surface area (Å²) in [5, 5.41) is 4.93. The topological polar surface area (TPSA) is 78.1 Å². The van der Waals surface area contributed by atoms with E-state index in [4.69, 9.17) is 4.98 Å². The number of nitrogens with one attached hydrogen (secondary N) is 2. The van der Waals surface area contributed by atoms with E-state index in [1.807, 2.05) is 41.5 Å². The Morgan fingerprint density at radius 3 is 2.74 bits per heavy atom. The van der Waals surface area contributed by atoms with Gasteiger partial charge in [-0.1, -0.05) is 42.0 Å². The molecular weight excluding hydrogens is 451 g/mol. The molecule has 6 nitrogen and oxygen atoms in total. The summed E-state index contributed by atoms with van der Waals surface area (Å²) in [6.45, 7) is 3.60. The van der Waals surface area contributed by atoms with Crippen LogP contribution in [0.3, 0.4) is 0 Å². The highest BCUT2D eigenvalue weighted by molar-refractivity contribution is 7.17. The maximum atomic E-state index is 13.1. The Hall–Kier alpha value is -3.52. The second kappa shape index (κ2) is 9.38. The zero-order chi connectivity index (χ0) is 23.7. The van der Waals surface area contributed by atoms with E-state index in [0.29, 0.717) is 29.3 Å². The molecule has 3 heterocycles. The standard InChI is InChI=1S/C26H25FN4O2S/c1-16-4-8-18(9-5-16)21-15-34-23-22(21)29-26(30-25(23)33)31-12-2-3-19(14-31)24(32)28-13-17-6-10-20(27)11-7-17/h4-11,15,19H,2-3,12-14H2,1H3,(H,28,32)(H,29,30,33)/t19-/m0/s1. The molecule has 1 atom stereocenters. The lowest BCUT2D eigenvalue weighted by Gasteiger charge is -2.32. The number of aromatic nitrogens is 2. The van der Waals surface area contributed by atoms with Crippen molar-refractivity contribution < 1.29 is 9.18 Å². The van der Waals surface area contributed by atoms with Gasteiger partial charge in [0.25, 0.3) is 5.56 Å². The molecule has 8 heteroatoms. The first-order valence-corrected chi connectivity index (χ1v) is 12.2. The van der Waals surface area contributed by atoms with Crippen LogP contribution in [0, 0.1) is 18.7 Å². The third-order valence-corrected chi connectivity index (χ3v) is 7.22. The van der Waals surface area contributed by atoms with Gasteiger partial charge in [0.1, 0.15) is 10.5 Å². The second-order valence-corrected chi connectivity index (χ2v) is 9.59. The number of benzene rings is 2. The van der Waals surface area contributed by atoms with E-state index in [1.54, 1.807) is 12.1 Å². The fraction of sp³-hybridized carbons (Fsp3) is 0.269. The average molecular weight is 477 g/mol. The number of carbonyl (C=O) groups excluding carboxylic acids is 1. The summed E-state index contributed by atoms with van der Waals surface area (Å²) in [4.78, 5) is 35.4. The number of aromatic amines is 1. The molecule has 1 amide bonds. The quantitative estimate of drug-likeness (QED) is 0.440. The molecule has 2 aromatic heterocycles. The Bertz CT molecular complexity index is 1380. The van der Waals surface area contributed by atoms with Crippen LogP contribution in [-0.2, 0) is 11.3 Å². The van der Waals surface area contributed by atoms with Crippen molar-refractivity contribution in [2.75, 3.05) is 18.0 Å². The predicted molar refractivity (Wildman–Crippen MR) is 134 cm³/mol. The molecule has 0 aliphatic carbocycles. The van der Waals surface area contributed by atoms with Crippen LogP contribution >= 0.6 is 11.3 Å². The number of H-pyrrole nitrogens is 1. The van der Waals surface area contributed by atoms with Gasteiger partial charge in [-0.25, -0.2) is 9.37 Å². The summed E-state index contributed by atoms with van der Waals surface area (Å²) in [5.41, 5.74) is 4.52. The van der Waals surface area contributed by atoms with Crippen molar-refractivity contribution in [3.8, 4) is 11.1 Å². The normalized spacial score (nSPS) is 16.1. The Morgan fingerprint density at radius 2 is 1.97 bits per heavy atom. The molecule has 0 unspecified atom stereocenters. The number of hydrogen-bond acceptors (Lipinski definition) is 5. The van der Waals surface area contributed by atoms with E-state index in [9.17, 15) is 14.0 Å². The maximum absolute atomic E-state index is 13.1. The molecular formula is C26H25FN4O2S. The molecule has 5 rings (SSSR count). The number of nitrogens with zero attached hydrogens (tertiary/aromatic N) is 2. The highest BCUT2D eigenvalue weighted by Crippen LogP contribution is 2.32. The number of piperidine rings is 1. The molecule has 0 radical (unpaired) electrons. The van der Waals surface area contributed by atoms with Gasteiger partial charge in [-0.2, -0.15) is 0 Å². The van der Waals surface area contributed by atoms with Crippen LogP contribution in [0.1, 0.15) is 24.0 Å². The van der Waals surface area contributed by atoms with Crippen LogP contribution in [0.15, 0.2) is 58.7 Å². The number of halogens is 1. The predicted octanol–water partition coefficient (Wildman–Crippen LogP) is 4.63. The lowest BCUT2D eigenvalue weighted by atomic mass is 9.97. The van der Waals surface area contributed by atoms with Gasteiger partial charge in [0.05, 0.1) is 11.4 Å². The molecule has 1 aliphatic rings. The Morgan fingerprint density at radius 1 is 1.21 bits per heavy atom. The molecule has 34 heavy (non-hydrogen) atoms. The highest BCUT2D eigenvalue weighted by atomic mass is 32.1. The zero-order valence-electron chi connectivity index (χ0n) is 18.8. The minimum absolute atomic E-state index is 0.0478. The van der Waals surface area contributed by atoms with Crippen molar-refractivity contribution in [2.45, 2.75) is 26.3 Å². The van der Waals surface area contributed by atoms with E-state index in [-0.39, 0.29) is 23.2 Å². The fourth-order valence-electron chi connectivity index (χ4n) is 4.32. The van der Waals surface area contributed by atoms with Crippen molar-refractivity contribution in [3.05, 3.63) is 81.2 Å². The molecule has 174 valence electrons. The van der Waals surface area contributed by atoms with Gasteiger partial charge >= 0.3 is 0 Å². The summed E-state index contributed by atoms with van der Waals surface area (Å²) in [7, 11) is 0. The summed E-state index contributed by atoms with van der Waals surface area (Å²) in [6, 6.07) is 14.3. The van der Waals surface area contributed by atoms with Crippen LogP contribution in [0.4, 0.5) is 10.3 Å². The maximum Gasteiger partial charge on any atom is 0.270 e. The monoisotopic (exact) mass is 476 g/mol. The number of fused-ring (bicyclic) bond motifs is 1. The van der Waals surface area contributed by atoms with E-state index in [2.05, 4.69) is 10.3 Å². The molecule has 0 saturated carbocycles. The SMILES string of the molecule is Cc1ccc(-c2csc3c(=O)[nH]c(N4CCC[C@H](C(=O)NCc5ccc(F)cc5)C4)nc23)cc1. The number of hydrogen-bond donors (Lipinski definition) is 2. The lowest BCUT2D eigenvalue weighted by molar-refractivity contribution is -0.125. The molecule has 1 aliphatic heterocycles. The molecule has 0 bridgehead atoms. The van der Waals surface area contributed by atoms with E-state index in [1.165, 1.54) is 29.0 Å². The van der Waals surface area contributed by atoms with Gasteiger partial charge in [-0.05, 0) is 43.0 Å².